The van der Waals surface area contributed by atoms with E-state index in [1.165, 1.54) is 16.5 Å². The van der Waals surface area contributed by atoms with E-state index in [9.17, 15) is 0 Å². The van der Waals surface area contributed by atoms with Crippen molar-refractivity contribution in [3.05, 3.63) is 36.0 Å². The van der Waals surface area contributed by atoms with Gasteiger partial charge in [-0.05, 0) is 35.9 Å². The second kappa shape index (κ2) is 7.14. The molecule has 0 saturated carbocycles. The lowest BCUT2D eigenvalue weighted by molar-refractivity contribution is 0.618. The zero-order chi connectivity index (χ0) is 16.2. The summed E-state index contributed by atoms with van der Waals surface area (Å²) in [7, 11) is 1.86. The van der Waals surface area contributed by atoms with Crippen molar-refractivity contribution in [3.8, 4) is 0 Å². The van der Waals surface area contributed by atoms with Crippen LogP contribution in [0.5, 0.6) is 0 Å². The second-order valence-corrected chi connectivity index (χ2v) is 6.84. The molecule has 0 fully saturated rings. The number of nitrogens with zero attached hydrogens (tertiary/aromatic N) is 5. The van der Waals surface area contributed by atoms with Crippen LogP contribution in [0.3, 0.4) is 0 Å². The summed E-state index contributed by atoms with van der Waals surface area (Å²) in [4.78, 5) is 0. The largest absolute Gasteiger partial charge is 0.345 e. The lowest BCUT2D eigenvalue weighted by Crippen LogP contribution is -2.16. The van der Waals surface area contributed by atoms with E-state index in [2.05, 4.69) is 69.7 Å². The number of tetrazole rings is 1. The molecule has 23 heavy (non-hydrogen) atoms. The zero-order valence-corrected chi connectivity index (χ0v) is 14.5. The Hall–Kier alpha value is -1.86. The van der Waals surface area contributed by atoms with Crippen molar-refractivity contribution in [1.82, 2.24) is 30.1 Å². The molecule has 0 saturated heterocycles. The summed E-state index contributed by atoms with van der Waals surface area (Å²) in [6.45, 7) is 6.22. The standard InChI is InChI=1S/C16H22N6S/c1-12(2)22-11-13(14-6-4-5-7-15(14)22)10-17-8-9-23-16-18-19-20-21(16)3/h4-7,11-12,17H,8-10H2,1-3H3. The van der Waals surface area contributed by atoms with E-state index in [1.807, 2.05) is 7.05 Å². The topological polar surface area (TPSA) is 60.6 Å². The molecule has 122 valence electrons. The first kappa shape index (κ1) is 16.0. The summed E-state index contributed by atoms with van der Waals surface area (Å²) in [6.07, 6.45) is 2.27. The number of hydrogen-bond acceptors (Lipinski definition) is 5. The molecule has 1 N–H and O–H groups in total. The van der Waals surface area contributed by atoms with Crippen molar-refractivity contribution in [2.75, 3.05) is 12.3 Å². The molecular weight excluding hydrogens is 308 g/mol. The van der Waals surface area contributed by atoms with E-state index in [0.29, 0.717) is 6.04 Å². The van der Waals surface area contributed by atoms with Crippen LogP contribution in [0.2, 0.25) is 0 Å². The monoisotopic (exact) mass is 330 g/mol. The SMILES string of the molecule is CC(C)n1cc(CNCCSc2nnnn2C)c2ccccc21. The highest BCUT2D eigenvalue weighted by atomic mass is 32.2. The normalized spacial score (nSPS) is 11.7. The van der Waals surface area contributed by atoms with Crippen molar-refractivity contribution in [2.45, 2.75) is 31.6 Å². The van der Waals surface area contributed by atoms with Crippen LogP contribution >= 0.6 is 11.8 Å². The first-order valence-electron chi connectivity index (χ1n) is 7.81. The van der Waals surface area contributed by atoms with Crippen LogP contribution in [0.4, 0.5) is 0 Å². The molecular formula is C16H22N6S. The highest BCUT2D eigenvalue weighted by molar-refractivity contribution is 7.99. The summed E-state index contributed by atoms with van der Waals surface area (Å²) in [5, 5.41) is 17.1. The van der Waals surface area contributed by atoms with Crippen molar-refractivity contribution < 1.29 is 0 Å². The summed E-state index contributed by atoms with van der Waals surface area (Å²) < 4.78 is 4.03. The predicted octanol–water partition coefficient (Wildman–Crippen LogP) is 2.63. The third-order valence-electron chi connectivity index (χ3n) is 3.79. The molecule has 2 aromatic heterocycles. The van der Waals surface area contributed by atoms with Gasteiger partial charge in [-0.1, -0.05) is 30.0 Å². The highest BCUT2D eigenvalue weighted by Crippen LogP contribution is 2.24. The van der Waals surface area contributed by atoms with Crippen molar-refractivity contribution in [2.24, 2.45) is 7.05 Å². The Morgan fingerprint density at radius 1 is 1.26 bits per heavy atom. The number of para-hydroxylation sites is 1. The maximum absolute atomic E-state index is 3.97. The van der Waals surface area contributed by atoms with Crippen molar-refractivity contribution in [1.29, 1.82) is 0 Å². The Morgan fingerprint density at radius 3 is 2.83 bits per heavy atom. The molecule has 3 aromatic rings. The van der Waals surface area contributed by atoms with Gasteiger partial charge in [-0.2, -0.15) is 0 Å². The Kier molecular flexibility index (Phi) is 4.97. The van der Waals surface area contributed by atoms with Gasteiger partial charge in [0.25, 0.3) is 0 Å². The molecule has 3 rings (SSSR count). The molecule has 0 unspecified atom stereocenters. The number of hydrogen-bond donors (Lipinski definition) is 1. The Morgan fingerprint density at radius 2 is 2.09 bits per heavy atom. The maximum atomic E-state index is 3.97. The van der Waals surface area contributed by atoms with Gasteiger partial charge in [-0.3, -0.25) is 0 Å². The molecule has 1 aromatic carbocycles. The minimum absolute atomic E-state index is 0.465. The molecule has 7 heteroatoms. The fourth-order valence-electron chi connectivity index (χ4n) is 2.63. The van der Waals surface area contributed by atoms with E-state index < -0.39 is 0 Å². The van der Waals surface area contributed by atoms with E-state index >= 15 is 0 Å². The van der Waals surface area contributed by atoms with Crippen LogP contribution in [0.25, 0.3) is 10.9 Å². The summed E-state index contributed by atoms with van der Waals surface area (Å²) in [5.41, 5.74) is 2.65. The van der Waals surface area contributed by atoms with Crippen molar-refractivity contribution in [3.63, 3.8) is 0 Å². The average Bonchev–Trinajstić information content (AvgIpc) is 3.11. The van der Waals surface area contributed by atoms with Gasteiger partial charge in [0.15, 0.2) is 0 Å². The Labute approximate surface area is 140 Å². The van der Waals surface area contributed by atoms with Crippen LogP contribution in [0.1, 0.15) is 25.5 Å². The number of thioether (sulfide) groups is 1. The quantitative estimate of drug-likeness (QED) is 0.533. The first-order valence-corrected chi connectivity index (χ1v) is 8.79. The molecule has 0 aliphatic rings. The molecule has 0 spiro atoms. The second-order valence-electron chi connectivity index (χ2n) is 5.78. The number of fused-ring (bicyclic) bond motifs is 1. The Balaban J connectivity index is 1.58. The maximum Gasteiger partial charge on any atom is 0.209 e. The molecule has 0 bridgehead atoms. The molecule has 0 radical (unpaired) electrons. The summed E-state index contributed by atoms with van der Waals surface area (Å²) in [5.74, 6) is 0.942. The van der Waals surface area contributed by atoms with E-state index in [1.54, 1.807) is 16.4 Å². The number of aromatic nitrogens is 5. The van der Waals surface area contributed by atoms with E-state index in [-0.39, 0.29) is 0 Å². The molecule has 0 amide bonds. The van der Waals surface area contributed by atoms with Gasteiger partial charge in [0.2, 0.25) is 5.16 Å². The van der Waals surface area contributed by atoms with Crippen LogP contribution < -0.4 is 5.32 Å². The van der Waals surface area contributed by atoms with Gasteiger partial charge in [-0.25, -0.2) is 4.68 Å². The van der Waals surface area contributed by atoms with E-state index in [4.69, 9.17) is 0 Å². The highest BCUT2D eigenvalue weighted by Gasteiger charge is 2.09. The van der Waals surface area contributed by atoms with Gasteiger partial charge >= 0.3 is 0 Å². The van der Waals surface area contributed by atoms with Gasteiger partial charge in [0.1, 0.15) is 0 Å². The average molecular weight is 330 g/mol. The van der Waals surface area contributed by atoms with Gasteiger partial charge in [0.05, 0.1) is 0 Å². The van der Waals surface area contributed by atoms with E-state index in [0.717, 1.165) is 24.0 Å². The third kappa shape index (κ3) is 3.56. The molecule has 2 heterocycles. The number of nitrogens with one attached hydrogen (secondary N) is 1. The number of rotatable bonds is 7. The number of aryl methyl sites for hydroxylation is 1. The zero-order valence-electron chi connectivity index (χ0n) is 13.7. The summed E-state index contributed by atoms with van der Waals surface area (Å²) >= 11 is 1.66. The lowest BCUT2D eigenvalue weighted by Gasteiger charge is -2.08. The smallest absolute Gasteiger partial charge is 0.209 e. The van der Waals surface area contributed by atoms with Crippen LogP contribution in [0.15, 0.2) is 35.6 Å². The fourth-order valence-corrected chi connectivity index (χ4v) is 3.37. The predicted molar refractivity (Wildman–Crippen MR) is 93.6 cm³/mol. The summed E-state index contributed by atoms with van der Waals surface area (Å²) in [6, 6.07) is 9.06. The van der Waals surface area contributed by atoms with Crippen LogP contribution in [-0.4, -0.2) is 37.1 Å². The van der Waals surface area contributed by atoms with Gasteiger partial charge < -0.3 is 9.88 Å². The third-order valence-corrected chi connectivity index (χ3v) is 4.80. The van der Waals surface area contributed by atoms with Crippen LogP contribution in [0, 0.1) is 0 Å². The lowest BCUT2D eigenvalue weighted by atomic mass is 10.2. The fraction of sp³-hybridized carbons (Fsp3) is 0.438. The first-order chi connectivity index (χ1) is 11.2. The Bertz CT molecular complexity index is 776. The number of benzene rings is 1. The van der Waals surface area contributed by atoms with Crippen molar-refractivity contribution >= 4 is 22.7 Å². The molecule has 6 nitrogen and oxygen atoms in total. The minimum Gasteiger partial charge on any atom is -0.345 e. The minimum atomic E-state index is 0.465. The molecule has 0 atom stereocenters. The van der Waals surface area contributed by atoms with Gasteiger partial charge in [0, 0.05) is 49.0 Å². The molecule has 0 aliphatic carbocycles. The molecule has 0 aliphatic heterocycles. The van der Waals surface area contributed by atoms with Gasteiger partial charge in [-0.15, -0.1) is 5.10 Å². The van der Waals surface area contributed by atoms with Crippen LogP contribution in [-0.2, 0) is 13.6 Å².